The van der Waals surface area contributed by atoms with Gasteiger partial charge in [0.05, 0.1) is 0 Å². The van der Waals surface area contributed by atoms with Gasteiger partial charge in [-0.25, -0.2) is 0 Å². The van der Waals surface area contributed by atoms with Crippen molar-refractivity contribution in [2.24, 2.45) is 5.92 Å². The molecular formula is C21H28N2O2. The first-order valence-corrected chi connectivity index (χ1v) is 8.82. The van der Waals surface area contributed by atoms with Crippen LogP contribution in [-0.2, 0) is 11.3 Å². The van der Waals surface area contributed by atoms with Crippen LogP contribution in [-0.4, -0.2) is 19.1 Å². The number of anilines is 1. The van der Waals surface area contributed by atoms with E-state index < -0.39 is 0 Å². The number of benzene rings is 2. The molecular weight excluding hydrogens is 312 g/mol. The minimum absolute atomic E-state index is 0.00309. The Labute approximate surface area is 150 Å². The average molecular weight is 340 g/mol. The summed E-state index contributed by atoms with van der Waals surface area (Å²) in [7, 11) is 0. The van der Waals surface area contributed by atoms with Gasteiger partial charge in [-0.1, -0.05) is 49.7 Å². The Morgan fingerprint density at radius 1 is 1.08 bits per heavy atom. The summed E-state index contributed by atoms with van der Waals surface area (Å²) in [6.07, 6.45) is 1.14. The lowest BCUT2D eigenvalue weighted by molar-refractivity contribution is -0.118. The molecule has 0 saturated heterocycles. The van der Waals surface area contributed by atoms with Crippen molar-refractivity contribution in [1.82, 2.24) is 5.32 Å². The number of rotatable bonds is 9. The summed E-state index contributed by atoms with van der Waals surface area (Å²) in [5.41, 5.74) is 3.00. The number of hydrogen-bond acceptors (Lipinski definition) is 3. The predicted molar refractivity (Wildman–Crippen MR) is 103 cm³/mol. The molecule has 1 amide bonds. The van der Waals surface area contributed by atoms with Gasteiger partial charge in [-0.2, -0.15) is 0 Å². The SMILES string of the molecule is Cc1ccc(NC(=O)COc2ccccc2CNCCC(C)C)cc1. The highest BCUT2D eigenvalue weighted by atomic mass is 16.5. The van der Waals surface area contributed by atoms with Crippen molar-refractivity contribution in [2.45, 2.75) is 33.7 Å². The molecule has 2 N–H and O–H groups in total. The molecule has 0 atom stereocenters. The van der Waals surface area contributed by atoms with Crippen LogP contribution in [0.2, 0.25) is 0 Å². The molecule has 0 heterocycles. The van der Waals surface area contributed by atoms with Gasteiger partial charge >= 0.3 is 0 Å². The van der Waals surface area contributed by atoms with E-state index >= 15 is 0 Å². The van der Waals surface area contributed by atoms with Crippen LogP contribution in [0.5, 0.6) is 5.75 Å². The topological polar surface area (TPSA) is 50.4 Å². The molecule has 2 rings (SSSR count). The molecule has 0 unspecified atom stereocenters. The van der Waals surface area contributed by atoms with E-state index in [0.29, 0.717) is 5.92 Å². The molecule has 0 saturated carbocycles. The summed E-state index contributed by atoms with van der Waals surface area (Å²) in [4.78, 5) is 12.1. The molecule has 0 aliphatic rings. The van der Waals surface area contributed by atoms with E-state index in [4.69, 9.17) is 4.74 Å². The molecule has 0 aliphatic heterocycles. The molecule has 0 spiro atoms. The predicted octanol–water partition coefficient (Wildman–Crippen LogP) is 4.15. The summed E-state index contributed by atoms with van der Waals surface area (Å²) in [5.74, 6) is 1.27. The van der Waals surface area contributed by atoms with Crippen LogP contribution >= 0.6 is 0 Å². The van der Waals surface area contributed by atoms with Crippen LogP contribution in [0.15, 0.2) is 48.5 Å². The van der Waals surface area contributed by atoms with Crippen LogP contribution in [0.4, 0.5) is 5.69 Å². The minimum atomic E-state index is -0.161. The van der Waals surface area contributed by atoms with Crippen molar-refractivity contribution in [1.29, 1.82) is 0 Å². The van der Waals surface area contributed by atoms with Crippen LogP contribution in [0.3, 0.4) is 0 Å². The van der Waals surface area contributed by atoms with Crippen molar-refractivity contribution in [2.75, 3.05) is 18.5 Å². The minimum Gasteiger partial charge on any atom is -0.483 e. The third kappa shape index (κ3) is 6.98. The van der Waals surface area contributed by atoms with Crippen LogP contribution in [0, 0.1) is 12.8 Å². The summed E-state index contributed by atoms with van der Waals surface area (Å²) in [6, 6.07) is 15.5. The first-order valence-electron chi connectivity index (χ1n) is 8.82. The monoisotopic (exact) mass is 340 g/mol. The molecule has 0 aromatic heterocycles. The van der Waals surface area contributed by atoms with Crippen molar-refractivity contribution in [3.05, 3.63) is 59.7 Å². The summed E-state index contributed by atoms with van der Waals surface area (Å²) >= 11 is 0. The summed E-state index contributed by atoms with van der Waals surface area (Å²) < 4.78 is 5.72. The molecule has 25 heavy (non-hydrogen) atoms. The molecule has 134 valence electrons. The molecule has 2 aromatic carbocycles. The number of ether oxygens (including phenoxy) is 1. The lowest BCUT2D eigenvalue weighted by Crippen LogP contribution is -2.21. The van der Waals surface area contributed by atoms with Gasteiger partial charge in [0.1, 0.15) is 5.75 Å². The zero-order chi connectivity index (χ0) is 18.1. The maximum atomic E-state index is 12.1. The highest BCUT2D eigenvalue weighted by molar-refractivity contribution is 5.91. The van der Waals surface area contributed by atoms with Gasteiger partial charge in [0, 0.05) is 17.8 Å². The highest BCUT2D eigenvalue weighted by Crippen LogP contribution is 2.18. The molecule has 0 bridgehead atoms. The Morgan fingerprint density at radius 3 is 2.52 bits per heavy atom. The fourth-order valence-corrected chi connectivity index (χ4v) is 2.38. The number of para-hydroxylation sites is 1. The smallest absolute Gasteiger partial charge is 0.262 e. The highest BCUT2D eigenvalue weighted by Gasteiger charge is 2.07. The van der Waals surface area contributed by atoms with Crippen LogP contribution in [0.1, 0.15) is 31.4 Å². The quantitative estimate of drug-likeness (QED) is 0.674. The lowest BCUT2D eigenvalue weighted by atomic mass is 10.1. The van der Waals surface area contributed by atoms with Gasteiger partial charge in [0.2, 0.25) is 0 Å². The normalized spacial score (nSPS) is 10.7. The first kappa shape index (κ1) is 19.0. The first-order chi connectivity index (χ1) is 12.0. The zero-order valence-corrected chi connectivity index (χ0v) is 15.3. The van der Waals surface area contributed by atoms with E-state index in [1.54, 1.807) is 0 Å². The van der Waals surface area contributed by atoms with E-state index in [9.17, 15) is 4.79 Å². The number of aryl methyl sites for hydroxylation is 1. The lowest BCUT2D eigenvalue weighted by Gasteiger charge is -2.13. The second-order valence-electron chi connectivity index (χ2n) is 6.67. The Bertz CT molecular complexity index is 666. The van der Waals surface area contributed by atoms with Crippen molar-refractivity contribution in [3.63, 3.8) is 0 Å². The standard InChI is InChI=1S/C21H28N2O2/c1-16(2)12-13-22-14-18-6-4-5-7-20(18)25-15-21(24)23-19-10-8-17(3)9-11-19/h4-11,16,22H,12-15H2,1-3H3,(H,23,24). The van der Waals surface area contributed by atoms with Gasteiger partial charge in [0.25, 0.3) is 5.91 Å². The Balaban J connectivity index is 1.83. The zero-order valence-electron chi connectivity index (χ0n) is 15.3. The number of carbonyl (C=O) groups excluding carboxylic acids is 1. The van der Waals surface area contributed by atoms with Crippen LogP contribution in [0.25, 0.3) is 0 Å². The van der Waals surface area contributed by atoms with Gasteiger partial charge in [0.15, 0.2) is 6.61 Å². The maximum Gasteiger partial charge on any atom is 0.262 e. The third-order valence-electron chi connectivity index (χ3n) is 3.88. The molecule has 2 aromatic rings. The second kappa shape index (κ2) is 9.84. The van der Waals surface area contributed by atoms with Crippen molar-refractivity contribution < 1.29 is 9.53 Å². The van der Waals surface area contributed by atoms with Gasteiger partial charge in [-0.3, -0.25) is 4.79 Å². The van der Waals surface area contributed by atoms with Gasteiger partial charge in [-0.05, 0) is 44.0 Å². The number of hydrogen-bond donors (Lipinski definition) is 2. The molecule has 0 fully saturated rings. The largest absolute Gasteiger partial charge is 0.483 e. The number of nitrogens with one attached hydrogen (secondary N) is 2. The van der Waals surface area contributed by atoms with E-state index in [2.05, 4.69) is 24.5 Å². The summed E-state index contributed by atoms with van der Waals surface area (Å²) in [6.45, 7) is 8.15. The van der Waals surface area contributed by atoms with E-state index in [-0.39, 0.29) is 12.5 Å². The average Bonchev–Trinajstić information content (AvgIpc) is 2.59. The van der Waals surface area contributed by atoms with Gasteiger partial charge in [-0.15, -0.1) is 0 Å². The fourth-order valence-electron chi connectivity index (χ4n) is 2.38. The number of amides is 1. The Hall–Kier alpha value is -2.33. The Morgan fingerprint density at radius 2 is 1.80 bits per heavy atom. The second-order valence-corrected chi connectivity index (χ2v) is 6.67. The Kier molecular flexibility index (Phi) is 7.48. The maximum absolute atomic E-state index is 12.1. The van der Waals surface area contributed by atoms with E-state index in [1.807, 2.05) is 55.5 Å². The number of carbonyl (C=O) groups is 1. The van der Waals surface area contributed by atoms with Crippen molar-refractivity contribution in [3.8, 4) is 5.75 Å². The van der Waals surface area contributed by atoms with Crippen LogP contribution < -0.4 is 15.4 Å². The third-order valence-corrected chi connectivity index (χ3v) is 3.88. The fraction of sp³-hybridized carbons (Fsp3) is 0.381. The molecule has 4 heteroatoms. The summed E-state index contributed by atoms with van der Waals surface area (Å²) in [5, 5.41) is 6.27. The van der Waals surface area contributed by atoms with Gasteiger partial charge < -0.3 is 15.4 Å². The molecule has 4 nitrogen and oxygen atoms in total. The molecule has 0 radical (unpaired) electrons. The van der Waals surface area contributed by atoms with Crippen molar-refractivity contribution >= 4 is 11.6 Å². The molecule has 0 aliphatic carbocycles. The van der Waals surface area contributed by atoms with E-state index in [1.165, 1.54) is 0 Å². The van der Waals surface area contributed by atoms with E-state index in [0.717, 1.165) is 42.1 Å².